The normalized spacial score (nSPS) is 18.6. The van der Waals surface area contributed by atoms with Gasteiger partial charge in [0.2, 0.25) is 0 Å². The van der Waals surface area contributed by atoms with Crippen molar-refractivity contribution in [3.63, 3.8) is 0 Å². The van der Waals surface area contributed by atoms with Crippen LogP contribution in [0.3, 0.4) is 0 Å². The fourth-order valence-electron chi connectivity index (χ4n) is 2.89. The average molecular weight is 464 g/mol. The van der Waals surface area contributed by atoms with E-state index in [-0.39, 0.29) is 12.1 Å². The molecule has 1 saturated heterocycles. The lowest BCUT2D eigenvalue weighted by molar-refractivity contribution is 0.0356. The summed E-state index contributed by atoms with van der Waals surface area (Å²) in [4.78, 5) is 25.0. The summed E-state index contributed by atoms with van der Waals surface area (Å²) in [6.07, 6.45) is 5.25. The second kappa shape index (κ2) is 12.4. The Bertz CT molecular complexity index is 914. The van der Waals surface area contributed by atoms with Gasteiger partial charge in [-0.2, -0.15) is 0 Å². The average Bonchev–Trinajstić information content (AvgIpc) is 2.76. The second-order valence-electron chi connectivity index (χ2n) is 7.58. The Balaban J connectivity index is 2.43. The van der Waals surface area contributed by atoms with E-state index in [0.717, 1.165) is 6.54 Å². The topological polar surface area (TPSA) is 95.8 Å². The molecule has 32 heavy (non-hydrogen) atoms. The third kappa shape index (κ3) is 7.45. The SMILES string of the molecule is C/C=C(/CS(C)=O)N=C(N=CN1CCOC[C@@H]1C)c1ccc(NC(=O)N(C)C)c(OC)c1. The molecule has 0 aromatic heterocycles. The molecule has 176 valence electrons. The van der Waals surface area contributed by atoms with Crippen LogP contribution in [0, 0.1) is 0 Å². The first kappa shape index (κ1) is 25.5. The van der Waals surface area contributed by atoms with E-state index in [1.807, 2.05) is 19.1 Å². The van der Waals surface area contributed by atoms with Gasteiger partial charge in [0.1, 0.15) is 5.75 Å². The van der Waals surface area contributed by atoms with Crippen molar-refractivity contribution < 1.29 is 18.5 Å². The number of rotatable bonds is 7. The molecular formula is C22H33N5O4S. The maximum atomic E-state index is 12.1. The van der Waals surface area contributed by atoms with Gasteiger partial charge in [0, 0.05) is 43.3 Å². The van der Waals surface area contributed by atoms with Gasteiger partial charge in [0.25, 0.3) is 0 Å². The van der Waals surface area contributed by atoms with Crippen LogP contribution in [0.15, 0.2) is 40.0 Å². The van der Waals surface area contributed by atoms with E-state index in [4.69, 9.17) is 9.47 Å². The summed E-state index contributed by atoms with van der Waals surface area (Å²) in [5.74, 6) is 1.28. The van der Waals surface area contributed by atoms with Gasteiger partial charge in [0.05, 0.1) is 49.8 Å². The number of allylic oxidation sites excluding steroid dienone is 1. The lowest BCUT2D eigenvalue weighted by Gasteiger charge is -2.31. The molecular weight excluding hydrogens is 430 g/mol. The number of ether oxygens (including phenoxy) is 2. The van der Waals surface area contributed by atoms with E-state index >= 15 is 0 Å². The van der Waals surface area contributed by atoms with Gasteiger partial charge in [-0.25, -0.2) is 14.8 Å². The van der Waals surface area contributed by atoms with Gasteiger partial charge in [-0.05, 0) is 32.0 Å². The Hall–Kier alpha value is -2.72. The standard InChI is InChI=1S/C22H33N5O4S/c1-7-18(14-32(6)29)24-21(23-15-27-10-11-31-13-16(27)2)17-8-9-19(20(12-17)30-5)25-22(28)26(3)4/h7-9,12,15-16H,10-11,13-14H2,1-6H3,(H,25,28)/b18-7-,23-15?,24-21?/t16-,32?/m0/s1. The molecule has 1 N–H and O–H groups in total. The van der Waals surface area contributed by atoms with Crippen molar-refractivity contribution in [2.45, 2.75) is 19.9 Å². The molecule has 0 radical (unpaired) electrons. The number of hydrogen-bond acceptors (Lipinski definition) is 5. The van der Waals surface area contributed by atoms with Crippen molar-refractivity contribution >= 4 is 34.7 Å². The first-order valence-electron chi connectivity index (χ1n) is 10.3. The number of hydrogen-bond donors (Lipinski definition) is 1. The maximum Gasteiger partial charge on any atom is 0.321 e. The van der Waals surface area contributed by atoms with Crippen molar-refractivity contribution in [2.75, 3.05) is 58.3 Å². The fraction of sp³-hybridized carbons (Fsp3) is 0.500. The van der Waals surface area contributed by atoms with Gasteiger partial charge >= 0.3 is 6.03 Å². The van der Waals surface area contributed by atoms with Crippen LogP contribution in [0.2, 0.25) is 0 Å². The Labute approximate surface area is 192 Å². The predicted octanol–water partition coefficient (Wildman–Crippen LogP) is 2.57. The molecule has 2 amide bonds. The number of aliphatic imine (C=N–C) groups is 2. The number of carbonyl (C=O) groups excluding carboxylic acids is 1. The van der Waals surface area contributed by atoms with Crippen LogP contribution in [-0.4, -0.2) is 91.2 Å². The van der Waals surface area contributed by atoms with Crippen LogP contribution < -0.4 is 10.1 Å². The summed E-state index contributed by atoms with van der Waals surface area (Å²) >= 11 is 0. The monoisotopic (exact) mass is 463 g/mol. The molecule has 1 heterocycles. The third-order valence-corrected chi connectivity index (χ3v) is 5.49. The molecule has 0 spiro atoms. The zero-order valence-electron chi connectivity index (χ0n) is 19.6. The minimum absolute atomic E-state index is 0.205. The molecule has 1 aliphatic rings. The second-order valence-corrected chi connectivity index (χ2v) is 9.01. The summed E-state index contributed by atoms with van der Waals surface area (Å²) in [5.41, 5.74) is 1.93. The molecule has 2 rings (SSSR count). The first-order valence-corrected chi connectivity index (χ1v) is 12.1. The van der Waals surface area contributed by atoms with Crippen LogP contribution in [0.5, 0.6) is 5.75 Å². The molecule has 2 atom stereocenters. The molecule has 0 saturated carbocycles. The molecule has 0 aliphatic carbocycles. The summed E-state index contributed by atoms with van der Waals surface area (Å²) < 4.78 is 22.7. The van der Waals surface area contributed by atoms with Crippen molar-refractivity contribution in [3.05, 3.63) is 35.5 Å². The van der Waals surface area contributed by atoms with E-state index in [9.17, 15) is 9.00 Å². The molecule has 1 aliphatic heterocycles. The number of nitrogens with one attached hydrogen (secondary N) is 1. The summed E-state index contributed by atoms with van der Waals surface area (Å²) in [7, 11) is 3.84. The largest absolute Gasteiger partial charge is 0.495 e. The summed E-state index contributed by atoms with van der Waals surface area (Å²) in [6, 6.07) is 5.30. The minimum atomic E-state index is -1.03. The number of methoxy groups -OCH3 is 1. The predicted molar refractivity (Wildman–Crippen MR) is 130 cm³/mol. The zero-order chi connectivity index (χ0) is 23.7. The van der Waals surface area contributed by atoms with Crippen molar-refractivity contribution in [1.82, 2.24) is 9.80 Å². The molecule has 0 bridgehead atoms. The first-order chi connectivity index (χ1) is 15.2. The summed E-state index contributed by atoms with van der Waals surface area (Å²) in [5, 5.41) is 2.80. The van der Waals surface area contributed by atoms with E-state index < -0.39 is 10.8 Å². The highest BCUT2D eigenvalue weighted by molar-refractivity contribution is 7.84. The molecule has 1 fully saturated rings. The number of anilines is 1. The number of amides is 2. The van der Waals surface area contributed by atoms with E-state index in [1.165, 1.54) is 12.0 Å². The number of nitrogens with zero attached hydrogens (tertiary/aromatic N) is 4. The Morgan fingerprint density at radius 1 is 1.44 bits per heavy atom. The van der Waals surface area contributed by atoms with E-state index in [2.05, 4.69) is 27.1 Å². The van der Waals surface area contributed by atoms with Gasteiger partial charge in [0.15, 0.2) is 5.84 Å². The maximum absolute atomic E-state index is 12.1. The Morgan fingerprint density at radius 3 is 2.78 bits per heavy atom. The van der Waals surface area contributed by atoms with Crippen LogP contribution in [0.4, 0.5) is 10.5 Å². The van der Waals surface area contributed by atoms with E-state index in [1.54, 1.807) is 38.8 Å². The Morgan fingerprint density at radius 2 is 2.19 bits per heavy atom. The quantitative estimate of drug-likeness (QED) is 0.495. The lowest BCUT2D eigenvalue weighted by atomic mass is 10.1. The van der Waals surface area contributed by atoms with Crippen LogP contribution in [0.1, 0.15) is 19.4 Å². The number of amidine groups is 1. The van der Waals surface area contributed by atoms with Crippen LogP contribution in [0.25, 0.3) is 0 Å². The molecule has 1 aromatic carbocycles. The lowest BCUT2D eigenvalue weighted by Crippen LogP contribution is -2.42. The highest BCUT2D eigenvalue weighted by atomic mass is 32.2. The van der Waals surface area contributed by atoms with Crippen LogP contribution in [-0.2, 0) is 15.5 Å². The molecule has 9 nitrogen and oxygen atoms in total. The molecule has 10 heteroatoms. The van der Waals surface area contributed by atoms with Crippen molar-refractivity contribution in [3.8, 4) is 5.75 Å². The summed E-state index contributed by atoms with van der Waals surface area (Å²) in [6.45, 7) is 5.96. The number of urea groups is 1. The highest BCUT2D eigenvalue weighted by Gasteiger charge is 2.17. The number of benzene rings is 1. The minimum Gasteiger partial charge on any atom is -0.495 e. The Kier molecular flexibility index (Phi) is 9.86. The third-order valence-electron chi connectivity index (χ3n) is 4.79. The van der Waals surface area contributed by atoms with Gasteiger partial charge in [-0.3, -0.25) is 4.21 Å². The van der Waals surface area contributed by atoms with Crippen molar-refractivity contribution in [2.24, 2.45) is 9.98 Å². The van der Waals surface area contributed by atoms with Gasteiger partial charge in [-0.15, -0.1) is 0 Å². The van der Waals surface area contributed by atoms with Gasteiger partial charge in [-0.1, -0.05) is 6.08 Å². The zero-order valence-corrected chi connectivity index (χ0v) is 20.4. The molecule has 1 aromatic rings. The highest BCUT2D eigenvalue weighted by Crippen LogP contribution is 2.27. The fourth-order valence-corrected chi connectivity index (χ4v) is 3.54. The van der Waals surface area contributed by atoms with Gasteiger partial charge < -0.3 is 24.6 Å². The number of carbonyl (C=O) groups is 1. The smallest absolute Gasteiger partial charge is 0.321 e. The van der Waals surface area contributed by atoms with Crippen LogP contribution >= 0.6 is 0 Å². The molecule has 1 unspecified atom stereocenters. The van der Waals surface area contributed by atoms with E-state index in [0.29, 0.717) is 47.5 Å². The number of morpholine rings is 1. The van der Waals surface area contributed by atoms with Crippen molar-refractivity contribution in [1.29, 1.82) is 0 Å².